The van der Waals surface area contributed by atoms with Gasteiger partial charge in [0.05, 0.1) is 12.2 Å². The van der Waals surface area contributed by atoms with E-state index in [1.807, 2.05) is 55.5 Å². The molecule has 1 atom stereocenters. The summed E-state index contributed by atoms with van der Waals surface area (Å²) < 4.78 is 1.91. The fraction of sp³-hybridized carbons (Fsp3) is 0.188. The molecule has 2 aromatic carbocycles. The number of hydrogen-bond acceptors (Lipinski definition) is 2. The number of amides is 1. The Morgan fingerprint density at radius 3 is 2.33 bits per heavy atom. The number of hydrogen-bond donors (Lipinski definition) is 2. The Labute approximate surface area is 141 Å². The van der Waals surface area contributed by atoms with Gasteiger partial charge in [-0.25, -0.2) is 0 Å². The fourth-order valence-corrected chi connectivity index (χ4v) is 2.95. The zero-order chi connectivity index (χ0) is 15.2. The monoisotopic (exact) mass is 410 g/mol. The molecule has 0 spiro atoms. The molecule has 0 radical (unpaired) electrons. The van der Waals surface area contributed by atoms with Crippen LogP contribution in [-0.4, -0.2) is 12.5 Å². The molecule has 5 heteroatoms. The second kappa shape index (κ2) is 7.73. The second-order valence-corrected chi connectivity index (χ2v) is 6.36. The van der Waals surface area contributed by atoms with Crippen molar-refractivity contribution in [3.8, 4) is 0 Å². The van der Waals surface area contributed by atoms with E-state index in [1.54, 1.807) is 0 Å². The van der Waals surface area contributed by atoms with E-state index in [4.69, 9.17) is 0 Å². The molecule has 2 rings (SSSR count). The normalized spacial score (nSPS) is 12.0. The van der Waals surface area contributed by atoms with Crippen LogP contribution in [0, 0.1) is 0 Å². The fourth-order valence-electron chi connectivity index (χ4n) is 1.94. The Hall–Kier alpha value is -1.17. The molecule has 0 aromatic heterocycles. The Morgan fingerprint density at radius 1 is 1.05 bits per heavy atom. The van der Waals surface area contributed by atoms with E-state index >= 15 is 0 Å². The van der Waals surface area contributed by atoms with Crippen LogP contribution in [0.4, 0.5) is 5.69 Å². The minimum Gasteiger partial charge on any atom is -0.324 e. The van der Waals surface area contributed by atoms with Crippen LogP contribution >= 0.6 is 31.9 Å². The smallest absolute Gasteiger partial charge is 0.238 e. The molecule has 0 saturated carbocycles. The molecule has 0 bridgehead atoms. The van der Waals surface area contributed by atoms with Gasteiger partial charge in [-0.1, -0.05) is 46.3 Å². The van der Waals surface area contributed by atoms with Crippen molar-refractivity contribution in [2.24, 2.45) is 0 Å². The summed E-state index contributed by atoms with van der Waals surface area (Å²) in [5, 5.41) is 6.09. The van der Waals surface area contributed by atoms with E-state index in [1.165, 1.54) is 0 Å². The lowest BCUT2D eigenvalue weighted by molar-refractivity contribution is -0.115. The quantitative estimate of drug-likeness (QED) is 0.760. The maximum Gasteiger partial charge on any atom is 0.238 e. The summed E-state index contributed by atoms with van der Waals surface area (Å²) >= 11 is 6.93. The molecule has 0 heterocycles. The highest BCUT2D eigenvalue weighted by Crippen LogP contribution is 2.23. The summed E-state index contributed by atoms with van der Waals surface area (Å²) in [5.41, 5.74) is 1.91. The third-order valence-corrected chi connectivity index (χ3v) is 4.50. The predicted molar refractivity (Wildman–Crippen MR) is 93.3 cm³/mol. The van der Waals surface area contributed by atoms with Gasteiger partial charge in [0, 0.05) is 15.0 Å². The highest BCUT2D eigenvalue weighted by atomic mass is 79.9. The first kappa shape index (κ1) is 16.2. The van der Waals surface area contributed by atoms with Crippen molar-refractivity contribution >= 4 is 43.5 Å². The average Bonchev–Trinajstić information content (AvgIpc) is 2.48. The number of anilines is 1. The second-order valence-electron chi connectivity index (χ2n) is 4.65. The maximum absolute atomic E-state index is 12.0. The predicted octanol–water partition coefficient (Wildman–Crippen LogP) is 4.50. The van der Waals surface area contributed by atoms with Gasteiger partial charge >= 0.3 is 0 Å². The van der Waals surface area contributed by atoms with Crippen LogP contribution in [0.25, 0.3) is 0 Å². The molecule has 0 saturated heterocycles. The third-order valence-electron chi connectivity index (χ3n) is 3.09. The van der Waals surface area contributed by atoms with Crippen LogP contribution in [0.1, 0.15) is 18.5 Å². The zero-order valence-corrected chi connectivity index (χ0v) is 14.7. The lowest BCUT2D eigenvalue weighted by Crippen LogP contribution is -2.30. The van der Waals surface area contributed by atoms with E-state index in [9.17, 15) is 4.79 Å². The summed E-state index contributed by atoms with van der Waals surface area (Å²) in [7, 11) is 0. The van der Waals surface area contributed by atoms with Crippen LogP contribution in [0.15, 0.2) is 57.5 Å². The molecule has 0 aliphatic carbocycles. The van der Waals surface area contributed by atoms with Crippen LogP contribution in [0.3, 0.4) is 0 Å². The molecule has 0 unspecified atom stereocenters. The van der Waals surface area contributed by atoms with Gasteiger partial charge < -0.3 is 10.6 Å². The van der Waals surface area contributed by atoms with Gasteiger partial charge in [0.15, 0.2) is 0 Å². The number of halogens is 2. The van der Waals surface area contributed by atoms with Gasteiger partial charge in [-0.3, -0.25) is 4.79 Å². The number of benzene rings is 2. The first-order valence-electron chi connectivity index (χ1n) is 6.60. The van der Waals surface area contributed by atoms with E-state index in [0.29, 0.717) is 0 Å². The largest absolute Gasteiger partial charge is 0.324 e. The Balaban J connectivity index is 1.90. The van der Waals surface area contributed by atoms with E-state index < -0.39 is 0 Å². The van der Waals surface area contributed by atoms with Gasteiger partial charge in [-0.2, -0.15) is 0 Å². The minimum absolute atomic E-state index is 0.0687. The van der Waals surface area contributed by atoms with Gasteiger partial charge in [0.1, 0.15) is 0 Å². The summed E-state index contributed by atoms with van der Waals surface area (Å²) in [6, 6.07) is 15.6. The molecule has 21 heavy (non-hydrogen) atoms. The first-order valence-corrected chi connectivity index (χ1v) is 8.18. The lowest BCUT2D eigenvalue weighted by atomic mass is 10.1. The molecule has 0 aliphatic rings. The first-order chi connectivity index (χ1) is 10.1. The summed E-state index contributed by atoms with van der Waals surface area (Å²) in [4.78, 5) is 12.0. The van der Waals surface area contributed by atoms with Crippen molar-refractivity contribution in [2.75, 3.05) is 11.9 Å². The number of rotatable bonds is 5. The molecule has 2 aromatic rings. The van der Waals surface area contributed by atoms with Crippen LogP contribution in [0.2, 0.25) is 0 Å². The van der Waals surface area contributed by atoms with E-state index in [-0.39, 0.29) is 18.5 Å². The topological polar surface area (TPSA) is 41.1 Å². The molecular formula is C16H16Br2N2O. The van der Waals surface area contributed by atoms with Crippen molar-refractivity contribution in [3.63, 3.8) is 0 Å². The van der Waals surface area contributed by atoms with Crippen molar-refractivity contribution < 1.29 is 4.79 Å². The van der Waals surface area contributed by atoms with E-state index in [0.717, 1.165) is 20.2 Å². The van der Waals surface area contributed by atoms with Crippen molar-refractivity contribution in [2.45, 2.75) is 13.0 Å². The zero-order valence-electron chi connectivity index (χ0n) is 11.6. The van der Waals surface area contributed by atoms with Crippen LogP contribution in [-0.2, 0) is 4.79 Å². The summed E-state index contributed by atoms with van der Waals surface area (Å²) in [6.45, 7) is 2.29. The maximum atomic E-state index is 12.0. The van der Waals surface area contributed by atoms with Crippen molar-refractivity contribution in [1.82, 2.24) is 5.32 Å². The third kappa shape index (κ3) is 4.66. The number of carbonyl (C=O) groups excluding carboxylic acids is 1. The highest BCUT2D eigenvalue weighted by molar-refractivity contribution is 9.10. The van der Waals surface area contributed by atoms with Gasteiger partial charge in [-0.15, -0.1) is 0 Å². The highest BCUT2D eigenvalue weighted by Gasteiger charge is 2.11. The Morgan fingerprint density at radius 2 is 1.67 bits per heavy atom. The van der Waals surface area contributed by atoms with Gasteiger partial charge in [0.25, 0.3) is 0 Å². The average molecular weight is 412 g/mol. The van der Waals surface area contributed by atoms with Crippen LogP contribution in [0.5, 0.6) is 0 Å². The van der Waals surface area contributed by atoms with Crippen LogP contribution < -0.4 is 10.6 Å². The SMILES string of the molecule is C[C@@H](NCC(=O)Nc1ccccc1Br)c1ccccc1Br. The van der Waals surface area contributed by atoms with Gasteiger partial charge in [-0.05, 0) is 46.6 Å². The standard InChI is InChI=1S/C16H16Br2N2O/c1-11(12-6-2-3-7-13(12)17)19-10-16(21)20-15-9-5-4-8-14(15)18/h2-9,11,19H,10H2,1H3,(H,20,21)/t11-/m1/s1. The molecule has 0 fully saturated rings. The molecule has 3 nitrogen and oxygen atoms in total. The summed E-state index contributed by atoms with van der Waals surface area (Å²) in [5.74, 6) is -0.0687. The number of para-hydroxylation sites is 1. The molecule has 2 N–H and O–H groups in total. The molecular weight excluding hydrogens is 396 g/mol. The molecule has 0 aliphatic heterocycles. The number of carbonyl (C=O) groups is 1. The molecule has 1 amide bonds. The lowest BCUT2D eigenvalue weighted by Gasteiger charge is -2.16. The Kier molecular flexibility index (Phi) is 5.96. The summed E-state index contributed by atoms with van der Waals surface area (Å²) in [6.07, 6.45) is 0. The van der Waals surface area contributed by atoms with Crippen molar-refractivity contribution in [1.29, 1.82) is 0 Å². The number of nitrogens with one attached hydrogen (secondary N) is 2. The van der Waals surface area contributed by atoms with Gasteiger partial charge in [0.2, 0.25) is 5.91 Å². The minimum atomic E-state index is -0.0687. The van der Waals surface area contributed by atoms with E-state index in [2.05, 4.69) is 42.5 Å². The van der Waals surface area contributed by atoms with Crippen molar-refractivity contribution in [3.05, 3.63) is 63.0 Å². The Bertz CT molecular complexity index is 631. The molecule has 110 valence electrons.